The zero-order valence-electron chi connectivity index (χ0n) is 16.1. The third kappa shape index (κ3) is 3.45. The van der Waals surface area contributed by atoms with E-state index in [9.17, 15) is 4.79 Å². The Morgan fingerprint density at radius 1 is 1.07 bits per heavy atom. The van der Waals surface area contributed by atoms with Crippen LogP contribution in [0.15, 0.2) is 42.9 Å². The van der Waals surface area contributed by atoms with Crippen molar-refractivity contribution >= 4 is 11.6 Å². The number of amides is 1. The maximum Gasteiger partial charge on any atom is 0.274 e. The minimum absolute atomic E-state index is 0.00281. The van der Waals surface area contributed by atoms with Crippen molar-refractivity contribution in [2.75, 3.05) is 26.2 Å². The van der Waals surface area contributed by atoms with Gasteiger partial charge in [-0.05, 0) is 20.8 Å². The summed E-state index contributed by atoms with van der Waals surface area (Å²) in [6.07, 6.45) is 5.40. The number of hydrogen-bond donors (Lipinski definition) is 0. The molecule has 1 fully saturated rings. The van der Waals surface area contributed by atoms with Crippen molar-refractivity contribution in [2.45, 2.75) is 26.8 Å². The molecule has 4 rings (SSSR count). The summed E-state index contributed by atoms with van der Waals surface area (Å²) in [5.41, 5.74) is 4.19. The molecule has 6 heteroatoms. The van der Waals surface area contributed by atoms with E-state index in [0.29, 0.717) is 17.4 Å². The van der Waals surface area contributed by atoms with Crippen LogP contribution in [0.4, 0.5) is 0 Å². The molecule has 0 unspecified atom stereocenters. The zero-order valence-corrected chi connectivity index (χ0v) is 16.1. The number of piperazine rings is 1. The molecule has 6 nitrogen and oxygen atoms in total. The van der Waals surface area contributed by atoms with Crippen LogP contribution in [0.1, 0.15) is 29.9 Å². The molecule has 3 aromatic rings. The van der Waals surface area contributed by atoms with Crippen LogP contribution in [-0.2, 0) is 0 Å². The molecule has 3 heterocycles. The van der Waals surface area contributed by atoms with Gasteiger partial charge in [0.05, 0.1) is 0 Å². The van der Waals surface area contributed by atoms with E-state index in [-0.39, 0.29) is 5.91 Å². The predicted octanol–water partition coefficient (Wildman–Crippen LogP) is 2.87. The maximum atomic E-state index is 12.9. The van der Waals surface area contributed by atoms with Gasteiger partial charge in [-0.25, -0.2) is 4.98 Å². The SMILES string of the molecule is Cc1ccc(-c2nccn3cc(C(=O)N4CCN(C(C)C)CC4)nc23)cc1. The van der Waals surface area contributed by atoms with E-state index in [2.05, 4.69) is 47.8 Å². The second-order valence-corrected chi connectivity index (χ2v) is 7.42. The van der Waals surface area contributed by atoms with Crippen LogP contribution in [0, 0.1) is 6.92 Å². The maximum absolute atomic E-state index is 12.9. The Kier molecular flexibility index (Phi) is 4.66. The van der Waals surface area contributed by atoms with Gasteiger partial charge in [0.15, 0.2) is 5.65 Å². The highest BCUT2D eigenvalue weighted by Gasteiger charge is 2.25. The van der Waals surface area contributed by atoms with E-state index in [1.54, 1.807) is 6.20 Å². The smallest absolute Gasteiger partial charge is 0.274 e. The molecule has 0 saturated carbocycles. The Morgan fingerprint density at radius 3 is 2.44 bits per heavy atom. The molecule has 1 aromatic carbocycles. The van der Waals surface area contributed by atoms with Crippen molar-refractivity contribution < 1.29 is 4.79 Å². The number of aromatic nitrogens is 3. The summed E-state index contributed by atoms with van der Waals surface area (Å²) in [5.74, 6) is -0.00281. The summed E-state index contributed by atoms with van der Waals surface area (Å²) in [5, 5.41) is 0. The Balaban J connectivity index is 1.61. The lowest BCUT2D eigenvalue weighted by molar-refractivity contribution is 0.0590. The van der Waals surface area contributed by atoms with Crippen LogP contribution in [0.25, 0.3) is 16.9 Å². The van der Waals surface area contributed by atoms with Crippen LogP contribution < -0.4 is 0 Å². The monoisotopic (exact) mass is 363 g/mol. The first-order chi connectivity index (χ1) is 13.0. The summed E-state index contributed by atoms with van der Waals surface area (Å²) < 4.78 is 1.89. The Morgan fingerprint density at radius 2 is 1.78 bits per heavy atom. The molecule has 1 aliphatic heterocycles. The predicted molar refractivity (Wildman–Crippen MR) is 106 cm³/mol. The molecule has 2 aromatic heterocycles. The van der Waals surface area contributed by atoms with Gasteiger partial charge < -0.3 is 9.30 Å². The standard InChI is InChI=1S/C21H25N5O/c1-15(2)24-10-12-25(13-11-24)21(27)18-14-26-9-8-22-19(20(26)23-18)17-6-4-16(3)5-7-17/h4-9,14-15H,10-13H2,1-3H3. The topological polar surface area (TPSA) is 53.7 Å². The van der Waals surface area contributed by atoms with Gasteiger partial charge in [0.25, 0.3) is 5.91 Å². The minimum atomic E-state index is -0.00281. The molecule has 0 N–H and O–H groups in total. The molecule has 1 aliphatic rings. The van der Waals surface area contributed by atoms with Crippen LogP contribution >= 0.6 is 0 Å². The molecule has 1 saturated heterocycles. The first-order valence-electron chi connectivity index (χ1n) is 9.47. The average Bonchev–Trinajstić information content (AvgIpc) is 3.12. The van der Waals surface area contributed by atoms with Crippen LogP contribution in [0.5, 0.6) is 0 Å². The number of nitrogens with zero attached hydrogens (tertiary/aromatic N) is 5. The highest BCUT2D eigenvalue weighted by atomic mass is 16.2. The number of fused-ring (bicyclic) bond motifs is 1. The lowest BCUT2D eigenvalue weighted by atomic mass is 10.1. The molecule has 0 radical (unpaired) electrons. The highest BCUT2D eigenvalue weighted by molar-refractivity contribution is 5.93. The molecule has 1 amide bonds. The summed E-state index contributed by atoms with van der Waals surface area (Å²) in [6, 6.07) is 8.71. The molecular weight excluding hydrogens is 338 g/mol. The number of carbonyl (C=O) groups excluding carboxylic acids is 1. The van der Waals surface area contributed by atoms with Gasteiger partial charge in [0, 0.05) is 56.4 Å². The molecular formula is C21H25N5O. The first-order valence-corrected chi connectivity index (χ1v) is 9.47. The number of rotatable bonds is 3. The fraction of sp³-hybridized carbons (Fsp3) is 0.381. The van der Waals surface area contributed by atoms with Crippen molar-refractivity contribution in [3.05, 3.63) is 54.1 Å². The first kappa shape index (κ1) is 17.7. The van der Waals surface area contributed by atoms with Crippen molar-refractivity contribution in [1.82, 2.24) is 24.2 Å². The number of imidazole rings is 1. The van der Waals surface area contributed by atoms with Crippen molar-refractivity contribution in [1.29, 1.82) is 0 Å². The van der Waals surface area contributed by atoms with Crippen molar-refractivity contribution in [2.24, 2.45) is 0 Å². The van der Waals surface area contributed by atoms with E-state index in [0.717, 1.165) is 37.4 Å². The molecule has 27 heavy (non-hydrogen) atoms. The van der Waals surface area contributed by atoms with Gasteiger partial charge in [-0.1, -0.05) is 29.8 Å². The van der Waals surface area contributed by atoms with Crippen molar-refractivity contribution in [3.63, 3.8) is 0 Å². The van der Waals surface area contributed by atoms with E-state index < -0.39 is 0 Å². The Hall–Kier alpha value is -2.73. The third-order valence-corrected chi connectivity index (χ3v) is 5.25. The molecule has 0 bridgehead atoms. The lowest BCUT2D eigenvalue weighted by Crippen LogP contribution is -2.50. The van der Waals surface area contributed by atoms with E-state index in [1.165, 1.54) is 5.56 Å². The largest absolute Gasteiger partial charge is 0.335 e. The van der Waals surface area contributed by atoms with Gasteiger partial charge in [-0.2, -0.15) is 0 Å². The second kappa shape index (κ2) is 7.12. The number of benzene rings is 1. The highest BCUT2D eigenvalue weighted by Crippen LogP contribution is 2.22. The molecule has 0 atom stereocenters. The van der Waals surface area contributed by atoms with E-state index >= 15 is 0 Å². The van der Waals surface area contributed by atoms with E-state index in [4.69, 9.17) is 0 Å². The van der Waals surface area contributed by atoms with Gasteiger partial charge in [0.2, 0.25) is 0 Å². The molecule has 140 valence electrons. The number of aryl methyl sites for hydroxylation is 1. The normalized spacial score (nSPS) is 15.6. The van der Waals surface area contributed by atoms with Gasteiger partial charge in [-0.3, -0.25) is 14.7 Å². The van der Waals surface area contributed by atoms with Crippen LogP contribution in [-0.4, -0.2) is 62.3 Å². The number of hydrogen-bond acceptors (Lipinski definition) is 4. The quantitative estimate of drug-likeness (QED) is 0.718. The lowest BCUT2D eigenvalue weighted by Gasteiger charge is -2.36. The van der Waals surface area contributed by atoms with E-state index in [1.807, 2.05) is 33.8 Å². The van der Waals surface area contributed by atoms with Gasteiger partial charge >= 0.3 is 0 Å². The van der Waals surface area contributed by atoms with Crippen molar-refractivity contribution in [3.8, 4) is 11.3 Å². The Bertz CT molecular complexity index is 952. The van der Waals surface area contributed by atoms with Crippen LogP contribution in [0.2, 0.25) is 0 Å². The van der Waals surface area contributed by atoms with Gasteiger partial charge in [0.1, 0.15) is 11.4 Å². The summed E-state index contributed by atoms with van der Waals surface area (Å²) in [7, 11) is 0. The summed E-state index contributed by atoms with van der Waals surface area (Å²) in [6.45, 7) is 9.75. The summed E-state index contributed by atoms with van der Waals surface area (Å²) >= 11 is 0. The molecule has 0 spiro atoms. The number of carbonyl (C=O) groups is 1. The molecule has 0 aliphatic carbocycles. The minimum Gasteiger partial charge on any atom is -0.335 e. The Labute approximate surface area is 159 Å². The fourth-order valence-electron chi connectivity index (χ4n) is 3.54. The average molecular weight is 363 g/mol. The zero-order chi connectivity index (χ0) is 19.0. The third-order valence-electron chi connectivity index (χ3n) is 5.25. The van der Waals surface area contributed by atoms with Gasteiger partial charge in [-0.15, -0.1) is 0 Å². The van der Waals surface area contributed by atoms with Crippen LogP contribution in [0.3, 0.4) is 0 Å². The summed E-state index contributed by atoms with van der Waals surface area (Å²) in [4.78, 5) is 26.4. The fourth-order valence-corrected chi connectivity index (χ4v) is 3.54. The second-order valence-electron chi connectivity index (χ2n) is 7.42.